The van der Waals surface area contributed by atoms with Crippen LogP contribution in [0.5, 0.6) is 0 Å². The molecule has 0 spiro atoms. The van der Waals surface area contributed by atoms with Gasteiger partial charge in [-0.15, -0.1) is 11.8 Å². The predicted octanol–water partition coefficient (Wildman–Crippen LogP) is 7.43. The topological polar surface area (TPSA) is 130 Å². The van der Waals surface area contributed by atoms with Crippen LogP contribution in [0.1, 0.15) is 22.8 Å². The standard InChI is InChI=1S/C31H24Cl2N4O5S/c1-19(29(38)35-26-15-14-22(32)17-25(26)33)43-24-12-7-11-23(18-24)34-31(40)27(36-30(39)20-8-3-2-4-9-20)16-21-10-5-6-13-28(21)37(41)42/h2-19H,1H3,(H,34,40)(H,35,38)(H,36,39)/b27-16+. The molecule has 4 aromatic rings. The van der Waals surface area contributed by atoms with Crippen molar-refractivity contribution < 1.29 is 19.3 Å². The molecule has 0 heterocycles. The lowest BCUT2D eigenvalue weighted by molar-refractivity contribution is -0.385. The van der Waals surface area contributed by atoms with Crippen LogP contribution in [-0.4, -0.2) is 27.9 Å². The molecule has 4 rings (SSSR count). The summed E-state index contributed by atoms with van der Waals surface area (Å²) < 4.78 is 0. The Balaban J connectivity index is 1.52. The van der Waals surface area contributed by atoms with Gasteiger partial charge in [-0.2, -0.15) is 0 Å². The number of hydrogen-bond acceptors (Lipinski definition) is 6. The van der Waals surface area contributed by atoms with Crippen molar-refractivity contribution >= 4 is 75.8 Å². The van der Waals surface area contributed by atoms with Crippen molar-refractivity contribution in [2.45, 2.75) is 17.1 Å². The third-order valence-electron chi connectivity index (χ3n) is 5.93. The van der Waals surface area contributed by atoms with Gasteiger partial charge in [0.15, 0.2) is 0 Å². The van der Waals surface area contributed by atoms with Crippen LogP contribution < -0.4 is 16.0 Å². The van der Waals surface area contributed by atoms with Crippen molar-refractivity contribution in [3.63, 3.8) is 0 Å². The Morgan fingerprint density at radius 2 is 1.60 bits per heavy atom. The fourth-order valence-electron chi connectivity index (χ4n) is 3.80. The average molecular weight is 636 g/mol. The van der Waals surface area contributed by atoms with E-state index in [-0.39, 0.29) is 22.9 Å². The second kappa shape index (κ2) is 14.5. The molecule has 0 radical (unpaired) electrons. The molecule has 0 saturated carbocycles. The van der Waals surface area contributed by atoms with E-state index >= 15 is 0 Å². The molecule has 9 nitrogen and oxygen atoms in total. The number of anilines is 2. The van der Waals surface area contributed by atoms with E-state index in [0.717, 1.165) is 0 Å². The third-order valence-corrected chi connectivity index (χ3v) is 7.57. The number of amides is 3. The van der Waals surface area contributed by atoms with E-state index in [4.69, 9.17) is 23.2 Å². The molecule has 4 aromatic carbocycles. The van der Waals surface area contributed by atoms with Crippen LogP contribution >= 0.6 is 35.0 Å². The number of para-hydroxylation sites is 1. The molecule has 0 bridgehead atoms. The van der Waals surface area contributed by atoms with Crippen molar-refractivity contribution in [2.24, 2.45) is 0 Å². The highest BCUT2D eigenvalue weighted by molar-refractivity contribution is 8.00. The maximum atomic E-state index is 13.4. The summed E-state index contributed by atoms with van der Waals surface area (Å²) in [6, 6.07) is 25.7. The lowest BCUT2D eigenvalue weighted by Crippen LogP contribution is -2.30. The number of benzene rings is 4. The zero-order valence-electron chi connectivity index (χ0n) is 22.5. The number of nitro benzene ring substituents is 1. The molecular weight excluding hydrogens is 611 g/mol. The number of halogens is 2. The Hall–Kier alpha value is -4.64. The first-order chi connectivity index (χ1) is 20.6. The summed E-state index contributed by atoms with van der Waals surface area (Å²) in [5.74, 6) is -1.56. The number of hydrogen-bond donors (Lipinski definition) is 3. The van der Waals surface area contributed by atoms with Crippen LogP contribution in [0.2, 0.25) is 10.0 Å². The zero-order valence-corrected chi connectivity index (χ0v) is 24.9. The van der Waals surface area contributed by atoms with Crippen molar-refractivity contribution in [3.05, 3.63) is 134 Å². The second-order valence-corrected chi connectivity index (χ2v) is 11.3. The Morgan fingerprint density at radius 1 is 0.884 bits per heavy atom. The number of nitrogens with one attached hydrogen (secondary N) is 3. The highest BCUT2D eigenvalue weighted by Crippen LogP contribution is 2.29. The maximum absolute atomic E-state index is 13.4. The SMILES string of the molecule is CC(Sc1cccc(NC(=O)/C(=C\c2ccccc2[N+](=O)[O-])NC(=O)c2ccccc2)c1)C(=O)Nc1ccc(Cl)cc1Cl. The molecule has 0 aliphatic heterocycles. The van der Waals surface area contributed by atoms with Gasteiger partial charge in [-0.1, -0.05) is 59.6 Å². The molecule has 43 heavy (non-hydrogen) atoms. The van der Waals surface area contributed by atoms with Gasteiger partial charge < -0.3 is 16.0 Å². The van der Waals surface area contributed by atoms with E-state index in [1.54, 1.807) is 79.7 Å². The number of rotatable bonds is 10. The molecule has 12 heteroatoms. The summed E-state index contributed by atoms with van der Waals surface area (Å²) in [6.07, 6.45) is 1.25. The number of nitrogens with zero attached hydrogens (tertiary/aromatic N) is 1. The quantitative estimate of drug-likeness (QED) is 0.0719. The van der Waals surface area contributed by atoms with Crippen LogP contribution in [-0.2, 0) is 9.59 Å². The first-order valence-electron chi connectivity index (χ1n) is 12.8. The van der Waals surface area contributed by atoms with Crippen LogP contribution in [0.15, 0.2) is 108 Å². The van der Waals surface area contributed by atoms with Crippen molar-refractivity contribution in [3.8, 4) is 0 Å². The fraction of sp³-hybridized carbons (Fsp3) is 0.0645. The summed E-state index contributed by atoms with van der Waals surface area (Å²) in [5.41, 5.74) is 0.817. The normalized spacial score (nSPS) is 11.7. The van der Waals surface area contributed by atoms with Crippen LogP contribution in [0.25, 0.3) is 6.08 Å². The van der Waals surface area contributed by atoms with Gasteiger partial charge in [-0.25, -0.2) is 0 Å². The van der Waals surface area contributed by atoms with Crippen LogP contribution in [0.3, 0.4) is 0 Å². The lowest BCUT2D eigenvalue weighted by Gasteiger charge is -2.15. The highest BCUT2D eigenvalue weighted by atomic mass is 35.5. The van der Waals surface area contributed by atoms with E-state index in [1.807, 2.05) is 0 Å². The van der Waals surface area contributed by atoms with Crippen LogP contribution in [0, 0.1) is 10.1 Å². The molecular formula is C31H24Cl2N4O5S. The van der Waals surface area contributed by atoms with Gasteiger partial charge in [0, 0.05) is 27.2 Å². The first-order valence-corrected chi connectivity index (χ1v) is 14.4. The van der Waals surface area contributed by atoms with Gasteiger partial charge in [0.05, 0.1) is 26.4 Å². The van der Waals surface area contributed by atoms with E-state index < -0.39 is 22.0 Å². The molecule has 0 aromatic heterocycles. The van der Waals surface area contributed by atoms with E-state index in [0.29, 0.717) is 31.9 Å². The second-order valence-electron chi connectivity index (χ2n) is 9.05. The number of nitro groups is 1. The maximum Gasteiger partial charge on any atom is 0.276 e. The Morgan fingerprint density at radius 3 is 2.33 bits per heavy atom. The monoisotopic (exact) mass is 634 g/mol. The zero-order chi connectivity index (χ0) is 30.9. The predicted molar refractivity (Wildman–Crippen MR) is 170 cm³/mol. The van der Waals surface area contributed by atoms with Gasteiger partial charge in [-0.05, 0) is 67.6 Å². The molecule has 218 valence electrons. The van der Waals surface area contributed by atoms with Gasteiger partial charge in [0.25, 0.3) is 17.5 Å². The van der Waals surface area contributed by atoms with Crippen molar-refractivity contribution in [2.75, 3.05) is 10.6 Å². The summed E-state index contributed by atoms with van der Waals surface area (Å²) in [7, 11) is 0. The lowest BCUT2D eigenvalue weighted by atomic mass is 10.1. The smallest absolute Gasteiger partial charge is 0.276 e. The van der Waals surface area contributed by atoms with Crippen molar-refractivity contribution in [1.29, 1.82) is 0 Å². The third kappa shape index (κ3) is 8.68. The van der Waals surface area contributed by atoms with Gasteiger partial charge in [0.1, 0.15) is 5.70 Å². The number of carbonyl (C=O) groups is 3. The van der Waals surface area contributed by atoms with Crippen LogP contribution in [0.4, 0.5) is 17.1 Å². The average Bonchev–Trinajstić information content (AvgIpc) is 2.99. The minimum Gasteiger partial charge on any atom is -0.324 e. The van der Waals surface area contributed by atoms with E-state index in [2.05, 4.69) is 16.0 Å². The van der Waals surface area contributed by atoms with Crippen molar-refractivity contribution in [1.82, 2.24) is 5.32 Å². The molecule has 1 unspecified atom stereocenters. The van der Waals surface area contributed by atoms with Gasteiger partial charge in [0.2, 0.25) is 5.91 Å². The summed E-state index contributed by atoms with van der Waals surface area (Å²) in [4.78, 5) is 50.8. The Bertz CT molecular complexity index is 1720. The highest BCUT2D eigenvalue weighted by Gasteiger charge is 2.20. The number of thioether (sulfide) groups is 1. The van der Waals surface area contributed by atoms with Gasteiger partial charge in [-0.3, -0.25) is 24.5 Å². The molecule has 0 aliphatic rings. The Labute approximate surface area is 261 Å². The minimum atomic E-state index is -0.701. The molecule has 3 N–H and O–H groups in total. The molecule has 0 aliphatic carbocycles. The van der Waals surface area contributed by atoms with E-state index in [1.165, 1.54) is 42.1 Å². The molecule has 0 saturated heterocycles. The largest absolute Gasteiger partial charge is 0.324 e. The molecule has 1 atom stereocenters. The minimum absolute atomic E-state index is 0.135. The molecule has 0 fully saturated rings. The van der Waals surface area contributed by atoms with Gasteiger partial charge >= 0.3 is 0 Å². The first kappa shape index (κ1) is 31.3. The van der Waals surface area contributed by atoms with E-state index in [9.17, 15) is 24.5 Å². The number of carbonyl (C=O) groups excluding carboxylic acids is 3. The summed E-state index contributed by atoms with van der Waals surface area (Å²) in [6.45, 7) is 1.72. The fourth-order valence-corrected chi connectivity index (χ4v) is 5.18. The molecule has 3 amide bonds. The summed E-state index contributed by atoms with van der Waals surface area (Å²) >= 11 is 13.3. The Kier molecular flexibility index (Phi) is 10.6. The summed E-state index contributed by atoms with van der Waals surface area (Å²) in [5, 5.41) is 19.9.